The molecule has 1 aromatic heterocycles. The van der Waals surface area contributed by atoms with Crippen LogP contribution in [0.25, 0.3) is 0 Å². The molecule has 96 valence electrons. The zero-order chi connectivity index (χ0) is 13.7. The highest BCUT2D eigenvalue weighted by Crippen LogP contribution is 2.27. The number of hydrogen-bond acceptors (Lipinski definition) is 4. The number of para-hydroxylation sites is 2. The summed E-state index contributed by atoms with van der Waals surface area (Å²) in [6.45, 7) is 3.97. The zero-order valence-corrected chi connectivity index (χ0v) is 10.9. The Morgan fingerprint density at radius 2 is 2.00 bits per heavy atom. The van der Waals surface area contributed by atoms with Gasteiger partial charge in [0, 0.05) is 6.20 Å². The van der Waals surface area contributed by atoms with Crippen LogP contribution in [-0.4, -0.2) is 11.1 Å². The highest BCUT2D eigenvalue weighted by Gasteiger charge is 2.05. The molecule has 0 saturated heterocycles. The van der Waals surface area contributed by atoms with Crippen molar-refractivity contribution in [3.63, 3.8) is 0 Å². The molecule has 0 spiro atoms. The summed E-state index contributed by atoms with van der Waals surface area (Å²) in [7, 11) is 0. The number of hydrogen-bond donors (Lipinski definition) is 1. The molecule has 4 heteroatoms. The second-order valence-corrected chi connectivity index (χ2v) is 4.33. The van der Waals surface area contributed by atoms with Gasteiger partial charge in [-0.05, 0) is 38.1 Å². The van der Waals surface area contributed by atoms with E-state index in [0.717, 1.165) is 11.4 Å². The first kappa shape index (κ1) is 12.9. The van der Waals surface area contributed by atoms with Gasteiger partial charge in [0.2, 0.25) is 0 Å². The Morgan fingerprint density at radius 1 is 1.21 bits per heavy atom. The first-order chi connectivity index (χ1) is 9.19. The lowest BCUT2D eigenvalue weighted by Gasteiger charge is -2.14. The Morgan fingerprint density at radius 3 is 2.63 bits per heavy atom. The van der Waals surface area contributed by atoms with Crippen molar-refractivity contribution in [1.82, 2.24) is 4.98 Å². The molecule has 0 aliphatic carbocycles. The Kier molecular flexibility index (Phi) is 3.99. The first-order valence-electron chi connectivity index (χ1n) is 6.08. The third-order valence-corrected chi connectivity index (χ3v) is 2.41. The molecular weight excluding hydrogens is 238 g/mol. The summed E-state index contributed by atoms with van der Waals surface area (Å²) in [5.41, 5.74) is 1.39. The molecule has 0 fully saturated rings. The number of nitrogens with one attached hydrogen (secondary N) is 1. The highest BCUT2D eigenvalue weighted by molar-refractivity contribution is 5.64. The fourth-order valence-electron chi connectivity index (χ4n) is 1.60. The van der Waals surface area contributed by atoms with Crippen molar-refractivity contribution < 1.29 is 4.74 Å². The number of benzene rings is 1. The summed E-state index contributed by atoms with van der Waals surface area (Å²) in [6, 6.07) is 13.2. The van der Waals surface area contributed by atoms with E-state index in [1.165, 1.54) is 6.20 Å². The summed E-state index contributed by atoms with van der Waals surface area (Å²) < 4.78 is 5.72. The number of aromatic nitrogens is 1. The molecule has 0 amide bonds. The van der Waals surface area contributed by atoms with Gasteiger partial charge in [-0.2, -0.15) is 5.26 Å². The second kappa shape index (κ2) is 5.87. The van der Waals surface area contributed by atoms with E-state index in [1.807, 2.05) is 44.2 Å². The van der Waals surface area contributed by atoms with Crippen molar-refractivity contribution >= 4 is 11.5 Å². The monoisotopic (exact) mass is 253 g/mol. The van der Waals surface area contributed by atoms with Crippen molar-refractivity contribution in [3.05, 3.63) is 48.2 Å². The fraction of sp³-hybridized carbons (Fsp3) is 0.200. The minimum Gasteiger partial charge on any atom is -0.489 e. The molecule has 0 saturated carbocycles. The lowest BCUT2D eigenvalue weighted by molar-refractivity contribution is 0.244. The molecule has 2 aromatic rings. The molecule has 2 rings (SSSR count). The molecule has 0 unspecified atom stereocenters. The van der Waals surface area contributed by atoms with Crippen molar-refractivity contribution in [3.8, 4) is 11.8 Å². The Labute approximate surface area is 112 Å². The van der Waals surface area contributed by atoms with Crippen LogP contribution >= 0.6 is 0 Å². The van der Waals surface area contributed by atoms with E-state index < -0.39 is 0 Å². The molecular formula is C15H15N3O. The van der Waals surface area contributed by atoms with Gasteiger partial charge in [-0.15, -0.1) is 0 Å². The van der Waals surface area contributed by atoms with Crippen molar-refractivity contribution in [2.45, 2.75) is 20.0 Å². The van der Waals surface area contributed by atoms with E-state index in [1.54, 1.807) is 12.1 Å². The van der Waals surface area contributed by atoms with Crippen LogP contribution in [0.15, 0.2) is 42.6 Å². The minimum atomic E-state index is 0.108. The van der Waals surface area contributed by atoms with Crippen molar-refractivity contribution in [2.75, 3.05) is 5.32 Å². The smallest absolute Gasteiger partial charge is 0.143 e. The Hall–Kier alpha value is -2.54. The average Bonchev–Trinajstić information content (AvgIpc) is 2.41. The summed E-state index contributed by atoms with van der Waals surface area (Å²) >= 11 is 0. The molecule has 0 aliphatic heterocycles. The van der Waals surface area contributed by atoms with Gasteiger partial charge in [-0.1, -0.05) is 12.1 Å². The van der Waals surface area contributed by atoms with Crippen LogP contribution < -0.4 is 10.1 Å². The average molecular weight is 253 g/mol. The summed E-state index contributed by atoms with van der Waals surface area (Å²) in [6.07, 6.45) is 1.64. The molecule has 0 aliphatic rings. The predicted molar refractivity (Wildman–Crippen MR) is 74.4 cm³/mol. The maximum absolute atomic E-state index is 8.73. The van der Waals surface area contributed by atoms with Gasteiger partial charge in [0.1, 0.15) is 17.6 Å². The fourth-order valence-corrected chi connectivity index (χ4v) is 1.60. The van der Waals surface area contributed by atoms with E-state index in [2.05, 4.69) is 10.3 Å². The molecule has 1 aromatic carbocycles. The normalized spacial score (nSPS) is 10.0. The van der Waals surface area contributed by atoms with E-state index in [0.29, 0.717) is 11.4 Å². The van der Waals surface area contributed by atoms with Crippen LogP contribution in [0.3, 0.4) is 0 Å². The van der Waals surface area contributed by atoms with Crippen LogP contribution in [0.2, 0.25) is 0 Å². The maximum Gasteiger partial charge on any atom is 0.143 e. The number of anilines is 2. The van der Waals surface area contributed by atoms with Crippen LogP contribution in [-0.2, 0) is 0 Å². The second-order valence-electron chi connectivity index (χ2n) is 4.33. The lowest BCUT2D eigenvalue weighted by Crippen LogP contribution is -2.07. The van der Waals surface area contributed by atoms with Gasteiger partial charge in [-0.3, -0.25) is 0 Å². The topological polar surface area (TPSA) is 57.9 Å². The van der Waals surface area contributed by atoms with Gasteiger partial charge in [0.05, 0.1) is 17.4 Å². The van der Waals surface area contributed by atoms with Crippen molar-refractivity contribution in [2.24, 2.45) is 0 Å². The molecule has 0 bridgehead atoms. The number of nitriles is 1. The van der Waals surface area contributed by atoms with Gasteiger partial charge >= 0.3 is 0 Å². The quantitative estimate of drug-likeness (QED) is 0.906. The molecule has 19 heavy (non-hydrogen) atoms. The Balaban J connectivity index is 2.20. The van der Waals surface area contributed by atoms with Gasteiger partial charge < -0.3 is 10.1 Å². The largest absolute Gasteiger partial charge is 0.489 e. The van der Waals surface area contributed by atoms with Crippen LogP contribution in [0.5, 0.6) is 5.75 Å². The van der Waals surface area contributed by atoms with Crippen LogP contribution in [0.4, 0.5) is 11.5 Å². The minimum absolute atomic E-state index is 0.108. The highest BCUT2D eigenvalue weighted by atomic mass is 16.5. The summed E-state index contributed by atoms with van der Waals surface area (Å²) in [5.74, 6) is 1.46. The summed E-state index contributed by atoms with van der Waals surface area (Å²) in [5, 5.41) is 11.9. The lowest BCUT2D eigenvalue weighted by atomic mass is 10.2. The maximum atomic E-state index is 8.73. The molecule has 1 N–H and O–H groups in total. The van der Waals surface area contributed by atoms with E-state index in [4.69, 9.17) is 10.00 Å². The standard InChI is InChI=1S/C15H15N3O/c1-11(2)19-14-6-4-3-5-13(14)18-15-8-7-12(9-16)10-17-15/h3-8,10-11H,1-2H3,(H,17,18). The van der Waals surface area contributed by atoms with E-state index in [9.17, 15) is 0 Å². The molecule has 4 nitrogen and oxygen atoms in total. The predicted octanol–water partition coefficient (Wildman–Crippen LogP) is 3.48. The van der Waals surface area contributed by atoms with Crippen LogP contribution in [0, 0.1) is 11.3 Å². The zero-order valence-electron chi connectivity index (χ0n) is 10.9. The molecule has 0 atom stereocenters. The van der Waals surface area contributed by atoms with Gasteiger partial charge in [0.15, 0.2) is 0 Å². The van der Waals surface area contributed by atoms with Gasteiger partial charge in [-0.25, -0.2) is 4.98 Å². The number of nitrogens with zero attached hydrogens (tertiary/aromatic N) is 2. The number of rotatable bonds is 4. The molecule has 1 heterocycles. The number of pyridine rings is 1. The third kappa shape index (κ3) is 3.46. The van der Waals surface area contributed by atoms with Gasteiger partial charge in [0.25, 0.3) is 0 Å². The van der Waals surface area contributed by atoms with Crippen LogP contribution in [0.1, 0.15) is 19.4 Å². The molecule has 0 radical (unpaired) electrons. The summed E-state index contributed by atoms with van der Waals surface area (Å²) in [4.78, 5) is 4.18. The third-order valence-electron chi connectivity index (χ3n) is 2.41. The first-order valence-corrected chi connectivity index (χ1v) is 6.08. The van der Waals surface area contributed by atoms with E-state index >= 15 is 0 Å². The Bertz CT molecular complexity index is 585. The van der Waals surface area contributed by atoms with Crippen molar-refractivity contribution in [1.29, 1.82) is 5.26 Å². The SMILES string of the molecule is CC(C)Oc1ccccc1Nc1ccc(C#N)cn1. The van der Waals surface area contributed by atoms with E-state index in [-0.39, 0.29) is 6.10 Å². The number of ether oxygens (including phenoxy) is 1.